The molecule has 3 rings (SSSR count). The van der Waals surface area contributed by atoms with Crippen LogP contribution in [0.1, 0.15) is 36.5 Å². The molecule has 2 heteroatoms. The van der Waals surface area contributed by atoms with Crippen LogP contribution in [-0.2, 0) is 6.42 Å². The Morgan fingerprint density at radius 3 is 2.72 bits per heavy atom. The lowest BCUT2D eigenvalue weighted by Gasteiger charge is -2.17. The van der Waals surface area contributed by atoms with E-state index in [1.54, 1.807) is 7.11 Å². The predicted octanol–water partition coefficient (Wildman–Crippen LogP) is 3.61. The minimum atomic E-state index is -0.346. The molecule has 0 radical (unpaired) electrons. The van der Waals surface area contributed by atoms with Gasteiger partial charge in [-0.25, -0.2) is 0 Å². The van der Waals surface area contributed by atoms with Gasteiger partial charge < -0.3 is 9.84 Å². The van der Waals surface area contributed by atoms with E-state index in [1.165, 1.54) is 10.9 Å². The van der Waals surface area contributed by atoms with E-state index < -0.39 is 0 Å². The Morgan fingerprint density at radius 2 is 1.94 bits per heavy atom. The highest BCUT2D eigenvalue weighted by atomic mass is 16.5. The summed E-state index contributed by atoms with van der Waals surface area (Å²) in [6.07, 6.45) is 3.80. The second kappa shape index (κ2) is 4.62. The van der Waals surface area contributed by atoms with Gasteiger partial charge in [-0.3, -0.25) is 0 Å². The number of methoxy groups -OCH3 is 1. The minimum absolute atomic E-state index is 0.346. The molecule has 2 nitrogen and oxygen atoms in total. The Kier molecular flexibility index (Phi) is 2.96. The van der Waals surface area contributed by atoms with Crippen molar-refractivity contribution in [2.75, 3.05) is 7.11 Å². The summed E-state index contributed by atoms with van der Waals surface area (Å²) in [4.78, 5) is 0. The van der Waals surface area contributed by atoms with E-state index in [-0.39, 0.29) is 6.10 Å². The van der Waals surface area contributed by atoms with Crippen LogP contribution in [0.25, 0.3) is 10.8 Å². The van der Waals surface area contributed by atoms with Gasteiger partial charge in [0.25, 0.3) is 0 Å². The number of hydrogen-bond donors (Lipinski definition) is 1. The first-order valence-corrected chi connectivity index (χ1v) is 6.58. The van der Waals surface area contributed by atoms with Gasteiger partial charge in [-0.05, 0) is 41.8 Å². The number of benzene rings is 2. The first kappa shape index (κ1) is 11.5. The van der Waals surface area contributed by atoms with Crippen molar-refractivity contribution in [1.82, 2.24) is 0 Å². The molecule has 0 saturated carbocycles. The maximum Gasteiger partial charge on any atom is 0.127 e. The third kappa shape index (κ3) is 1.77. The summed E-state index contributed by atoms with van der Waals surface area (Å²) in [5.74, 6) is 0.866. The minimum Gasteiger partial charge on any atom is -0.496 e. The molecule has 0 bridgehead atoms. The van der Waals surface area contributed by atoms with Gasteiger partial charge in [0.2, 0.25) is 0 Å². The van der Waals surface area contributed by atoms with Crippen LogP contribution in [-0.4, -0.2) is 12.2 Å². The van der Waals surface area contributed by atoms with Crippen LogP contribution in [0.3, 0.4) is 0 Å². The van der Waals surface area contributed by atoms with E-state index in [9.17, 15) is 5.11 Å². The van der Waals surface area contributed by atoms with Gasteiger partial charge in [-0.2, -0.15) is 0 Å². The number of aliphatic hydroxyl groups excluding tert-OH is 1. The molecule has 2 aromatic rings. The summed E-state index contributed by atoms with van der Waals surface area (Å²) in [5.41, 5.74) is 2.36. The Morgan fingerprint density at radius 1 is 1.17 bits per heavy atom. The Labute approximate surface area is 107 Å². The molecule has 0 fully saturated rings. The monoisotopic (exact) mass is 242 g/mol. The molecule has 0 aliphatic heterocycles. The SMILES string of the molecule is COc1cc2c(c3ccccc13)CCCC[C@H]2O. The predicted molar refractivity (Wildman–Crippen MR) is 73.0 cm³/mol. The fourth-order valence-electron chi connectivity index (χ4n) is 2.96. The zero-order chi connectivity index (χ0) is 12.5. The molecule has 0 saturated heterocycles. The molecule has 1 N–H and O–H groups in total. The second-order valence-electron chi connectivity index (χ2n) is 4.95. The molecular formula is C16H18O2. The molecule has 0 aromatic heterocycles. The largest absolute Gasteiger partial charge is 0.496 e. The fraction of sp³-hybridized carbons (Fsp3) is 0.375. The average molecular weight is 242 g/mol. The van der Waals surface area contributed by atoms with Gasteiger partial charge in [0.15, 0.2) is 0 Å². The third-order valence-corrected chi connectivity index (χ3v) is 3.89. The van der Waals surface area contributed by atoms with Crippen LogP contribution < -0.4 is 4.74 Å². The van der Waals surface area contributed by atoms with Crippen molar-refractivity contribution in [2.24, 2.45) is 0 Å². The summed E-state index contributed by atoms with van der Waals surface area (Å²) >= 11 is 0. The first-order valence-electron chi connectivity index (χ1n) is 6.58. The highest BCUT2D eigenvalue weighted by Crippen LogP contribution is 2.38. The Hall–Kier alpha value is -1.54. The van der Waals surface area contributed by atoms with E-state index in [0.29, 0.717) is 0 Å². The normalized spacial score (nSPS) is 19.3. The van der Waals surface area contributed by atoms with Crippen molar-refractivity contribution in [3.05, 3.63) is 41.5 Å². The van der Waals surface area contributed by atoms with Gasteiger partial charge in [-0.15, -0.1) is 0 Å². The van der Waals surface area contributed by atoms with Crippen molar-refractivity contribution in [3.63, 3.8) is 0 Å². The summed E-state index contributed by atoms with van der Waals surface area (Å²) in [6, 6.07) is 10.3. The van der Waals surface area contributed by atoms with Crippen molar-refractivity contribution in [1.29, 1.82) is 0 Å². The van der Waals surface area contributed by atoms with Gasteiger partial charge in [0.05, 0.1) is 13.2 Å². The first-order chi connectivity index (χ1) is 8.81. The molecule has 1 aliphatic carbocycles. The maximum atomic E-state index is 10.3. The second-order valence-corrected chi connectivity index (χ2v) is 4.95. The summed E-state index contributed by atoms with van der Waals surface area (Å²) in [5, 5.41) is 12.6. The van der Waals surface area contributed by atoms with Crippen molar-refractivity contribution in [2.45, 2.75) is 31.8 Å². The number of ether oxygens (including phenoxy) is 1. The van der Waals surface area contributed by atoms with Gasteiger partial charge in [-0.1, -0.05) is 30.7 Å². The molecule has 2 aromatic carbocycles. The summed E-state index contributed by atoms with van der Waals surface area (Å²) in [7, 11) is 1.69. The quantitative estimate of drug-likeness (QED) is 0.774. The molecule has 0 amide bonds. The fourth-order valence-corrected chi connectivity index (χ4v) is 2.96. The van der Waals surface area contributed by atoms with Gasteiger partial charge in [0, 0.05) is 5.39 Å². The average Bonchev–Trinajstić information content (AvgIpc) is 2.60. The van der Waals surface area contributed by atoms with Crippen LogP contribution in [0.5, 0.6) is 5.75 Å². The standard InChI is InChI=1S/C16H18O2/c1-18-16-10-14-12(7-4-5-9-15(14)17)11-6-2-3-8-13(11)16/h2-3,6,8,10,15,17H,4-5,7,9H2,1H3/t15-/m1/s1. The van der Waals surface area contributed by atoms with Crippen molar-refractivity contribution in [3.8, 4) is 5.75 Å². The lowest BCUT2D eigenvalue weighted by atomic mass is 9.94. The molecule has 0 heterocycles. The molecule has 1 aliphatic rings. The van der Waals surface area contributed by atoms with E-state index in [1.807, 2.05) is 12.1 Å². The highest BCUT2D eigenvalue weighted by molar-refractivity contribution is 5.92. The van der Waals surface area contributed by atoms with E-state index in [2.05, 4.69) is 18.2 Å². The molecule has 1 atom stereocenters. The van der Waals surface area contributed by atoms with Crippen LogP contribution >= 0.6 is 0 Å². The van der Waals surface area contributed by atoms with Gasteiger partial charge in [0.1, 0.15) is 5.75 Å². The molecule has 0 unspecified atom stereocenters. The lowest BCUT2D eigenvalue weighted by molar-refractivity contribution is 0.166. The van der Waals surface area contributed by atoms with E-state index in [4.69, 9.17) is 4.74 Å². The lowest BCUT2D eigenvalue weighted by Crippen LogP contribution is -2.01. The smallest absolute Gasteiger partial charge is 0.127 e. The van der Waals surface area contributed by atoms with Crippen LogP contribution in [0, 0.1) is 0 Å². The van der Waals surface area contributed by atoms with Gasteiger partial charge >= 0.3 is 0 Å². The molecule has 94 valence electrons. The van der Waals surface area contributed by atoms with Crippen LogP contribution in [0.2, 0.25) is 0 Å². The number of fused-ring (bicyclic) bond motifs is 3. The topological polar surface area (TPSA) is 29.5 Å². The summed E-state index contributed by atoms with van der Waals surface area (Å²) in [6.45, 7) is 0. The maximum absolute atomic E-state index is 10.3. The number of hydrogen-bond acceptors (Lipinski definition) is 2. The third-order valence-electron chi connectivity index (χ3n) is 3.89. The number of aryl methyl sites for hydroxylation is 1. The molecule has 0 spiro atoms. The van der Waals surface area contributed by atoms with Crippen LogP contribution in [0.4, 0.5) is 0 Å². The molecular weight excluding hydrogens is 224 g/mol. The van der Waals surface area contributed by atoms with Crippen molar-refractivity contribution < 1.29 is 9.84 Å². The number of aliphatic hydroxyl groups is 1. The van der Waals surface area contributed by atoms with Crippen LogP contribution in [0.15, 0.2) is 30.3 Å². The zero-order valence-corrected chi connectivity index (χ0v) is 10.6. The Balaban J connectivity index is 2.33. The number of rotatable bonds is 1. The summed E-state index contributed by atoms with van der Waals surface area (Å²) < 4.78 is 5.47. The zero-order valence-electron chi connectivity index (χ0n) is 10.6. The Bertz CT molecular complexity index is 575. The van der Waals surface area contributed by atoms with E-state index >= 15 is 0 Å². The van der Waals surface area contributed by atoms with E-state index in [0.717, 1.165) is 42.4 Å². The molecule has 18 heavy (non-hydrogen) atoms. The highest BCUT2D eigenvalue weighted by Gasteiger charge is 2.20. The van der Waals surface area contributed by atoms with Crippen molar-refractivity contribution >= 4 is 10.8 Å².